The van der Waals surface area contributed by atoms with Gasteiger partial charge in [-0.25, -0.2) is 4.98 Å². The third-order valence-electron chi connectivity index (χ3n) is 3.00. The van der Waals surface area contributed by atoms with Crippen LogP contribution < -0.4 is 11.1 Å². The van der Waals surface area contributed by atoms with E-state index in [1.54, 1.807) is 11.6 Å². The van der Waals surface area contributed by atoms with E-state index in [0.29, 0.717) is 18.7 Å². The van der Waals surface area contributed by atoms with Crippen molar-refractivity contribution < 1.29 is 4.79 Å². The van der Waals surface area contributed by atoms with Crippen molar-refractivity contribution in [2.24, 2.45) is 5.73 Å². The molecule has 3 N–H and O–H groups in total. The lowest BCUT2D eigenvalue weighted by Crippen LogP contribution is -2.12. The molecule has 6 heteroatoms. The van der Waals surface area contributed by atoms with Gasteiger partial charge in [-0.15, -0.1) is 11.3 Å². The minimum atomic E-state index is -0.210. The summed E-state index contributed by atoms with van der Waals surface area (Å²) in [7, 11) is 0. The Morgan fingerprint density at radius 1 is 1.33 bits per heavy atom. The second kappa shape index (κ2) is 5.99. The Balaban J connectivity index is 1.78. The van der Waals surface area contributed by atoms with E-state index in [2.05, 4.69) is 15.3 Å². The zero-order valence-corrected chi connectivity index (χ0v) is 12.1. The number of carbonyl (C=O) groups is 1. The molecule has 0 aliphatic heterocycles. The average Bonchev–Trinajstić information content (AvgIpc) is 2.96. The Kier molecular flexibility index (Phi) is 3.89. The molecule has 0 radical (unpaired) electrons. The van der Waals surface area contributed by atoms with E-state index >= 15 is 0 Å². The molecule has 21 heavy (non-hydrogen) atoms. The predicted octanol–water partition coefficient (Wildman–Crippen LogP) is 2.44. The highest BCUT2D eigenvalue weighted by molar-refractivity contribution is 7.09. The Bertz CT molecular complexity index is 784. The van der Waals surface area contributed by atoms with E-state index in [1.165, 1.54) is 11.3 Å². The summed E-state index contributed by atoms with van der Waals surface area (Å²) in [6, 6.07) is 9.44. The normalized spacial score (nSPS) is 10.7. The second-order valence-electron chi connectivity index (χ2n) is 4.53. The van der Waals surface area contributed by atoms with Gasteiger partial charge >= 0.3 is 0 Å². The number of nitrogens with one attached hydrogen (secondary N) is 1. The summed E-state index contributed by atoms with van der Waals surface area (Å²) < 4.78 is 0. The zero-order valence-electron chi connectivity index (χ0n) is 11.2. The fourth-order valence-electron chi connectivity index (χ4n) is 2.00. The van der Waals surface area contributed by atoms with Gasteiger partial charge in [0.15, 0.2) is 0 Å². The molecule has 0 aliphatic carbocycles. The summed E-state index contributed by atoms with van der Waals surface area (Å²) >= 11 is 1.45. The molecule has 0 spiro atoms. The van der Waals surface area contributed by atoms with Crippen molar-refractivity contribution in [1.82, 2.24) is 9.97 Å². The number of rotatable bonds is 4. The van der Waals surface area contributed by atoms with Gasteiger partial charge in [0, 0.05) is 29.1 Å². The highest BCUT2D eigenvalue weighted by Gasteiger charge is 2.11. The summed E-state index contributed by atoms with van der Waals surface area (Å²) in [4.78, 5) is 20.7. The number of anilines is 1. The third-order valence-corrected chi connectivity index (χ3v) is 3.91. The molecule has 1 aromatic carbocycles. The van der Waals surface area contributed by atoms with Crippen LogP contribution in [0.4, 0.5) is 5.69 Å². The molecule has 1 amide bonds. The van der Waals surface area contributed by atoms with Gasteiger partial charge in [0.2, 0.25) is 0 Å². The monoisotopic (exact) mass is 298 g/mol. The van der Waals surface area contributed by atoms with Gasteiger partial charge in [-0.05, 0) is 30.8 Å². The SMILES string of the molecule is NCCc1nc(C(=O)Nc2ccc3ncccc3c2)cs1. The molecule has 3 aromatic rings. The van der Waals surface area contributed by atoms with Crippen LogP contribution in [0.25, 0.3) is 10.9 Å². The molecule has 0 fully saturated rings. The van der Waals surface area contributed by atoms with E-state index in [0.717, 1.165) is 21.6 Å². The lowest BCUT2D eigenvalue weighted by molar-refractivity contribution is 0.102. The molecule has 0 saturated heterocycles. The Morgan fingerprint density at radius 3 is 3.10 bits per heavy atom. The number of pyridine rings is 1. The molecule has 3 rings (SSSR count). The average molecular weight is 298 g/mol. The number of thiazole rings is 1. The van der Waals surface area contributed by atoms with E-state index < -0.39 is 0 Å². The quantitative estimate of drug-likeness (QED) is 0.775. The van der Waals surface area contributed by atoms with Crippen LogP contribution in [0.5, 0.6) is 0 Å². The van der Waals surface area contributed by atoms with Gasteiger partial charge in [-0.2, -0.15) is 0 Å². The number of nitrogens with zero attached hydrogens (tertiary/aromatic N) is 2. The first-order valence-corrected chi connectivity index (χ1v) is 7.45. The van der Waals surface area contributed by atoms with E-state index in [4.69, 9.17) is 5.73 Å². The summed E-state index contributed by atoms with van der Waals surface area (Å²) in [6.45, 7) is 0.534. The molecular formula is C15H14N4OS. The van der Waals surface area contributed by atoms with E-state index in [-0.39, 0.29) is 5.91 Å². The minimum absolute atomic E-state index is 0.210. The number of hydrogen-bond acceptors (Lipinski definition) is 5. The largest absolute Gasteiger partial charge is 0.330 e. The maximum absolute atomic E-state index is 12.2. The van der Waals surface area contributed by atoms with Gasteiger partial charge in [-0.1, -0.05) is 6.07 Å². The van der Waals surface area contributed by atoms with Gasteiger partial charge < -0.3 is 11.1 Å². The number of aromatic nitrogens is 2. The molecular weight excluding hydrogens is 284 g/mol. The van der Waals surface area contributed by atoms with Gasteiger partial charge in [0.25, 0.3) is 5.91 Å². The highest BCUT2D eigenvalue weighted by Crippen LogP contribution is 2.18. The molecule has 5 nitrogen and oxygen atoms in total. The van der Waals surface area contributed by atoms with Crippen molar-refractivity contribution in [3.8, 4) is 0 Å². The first-order chi connectivity index (χ1) is 10.3. The van der Waals surface area contributed by atoms with Gasteiger partial charge in [-0.3, -0.25) is 9.78 Å². The van der Waals surface area contributed by atoms with Crippen LogP contribution in [-0.2, 0) is 6.42 Å². The minimum Gasteiger partial charge on any atom is -0.330 e. The molecule has 0 bridgehead atoms. The summed E-state index contributed by atoms with van der Waals surface area (Å²) in [5.41, 5.74) is 7.54. The van der Waals surface area contributed by atoms with Crippen LogP contribution in [0.15, 0.2) is 41.9 Å². The Morgan fingerprint density at radius 2 is 2.24 bits per heavy atom. The van der Waals surface area contributed by atoms with Crippen LogP contribution in [0.2, 0.25) is 0 Å². The number of benzene rings is 1. The smallest absolute Gasteiger partial charge is 0.275 e. The van der Waals surface area contributed by atoms with Crippen LogP contribution in [0.3, 0.4) is 0 Å². The second-order valence-corrected chi connectivity index (χ2v) is 5.47. The van der Waals surface area contributed by atoms with Crippen molar-refractivity contribution in [2.45, 2.75) is 6.42 Å². The van der Waals surface area contributed by atoms with Gasteiger partial charge in [0.1, 0.15) is 5.69 Å². The molecule has 0 saturated carbocycles. The first kappa shape index (κ1) is 13.7. The molecule has 0 aliphatic rings. The Labute approximate surface area is 125 Å². The molecule has 0 atom stereocenters. The summed E-state index contributed by atoms with van der Waals surface area (Å²) in [5.74, 6) is -0.210. The van der Waals surface area contributed by atoms with Crippen LogP contribution in [-0.4, -0.2) is 22.4 Å². The molecule has 2 aromatic heterocycles. The highest BCUT2D eigenvalue weighted by atomic mass is 32.1. The van der Waals surface area contributed by atoms with Crippen LogP contribution >= 0.6 is 11.3 Å². The molecule has 106 valence electrons. The number of carbonyl (C=O) groups excluding carboxylic acids is 1. The van der Waals surface area contributed by atoms with Crippen LogP contribution in [0, 0.1) is 0 Å². The first-order valence-electron chi connectivity index (χ1n) is 6.57. The topological polar surface area (TPSA) is 80.9 Å². The number of hydrogen-bond donors (Lipinski definition) is 2. The fourth-order valence-corrected chi connectivity index (χ4v) is 2.80. The molecule has 2 heterocycles. The summed E-state index contributed by atoms with van der Waals surface area (Å²) in [6.07, 6.45) is 2.44. The lowest BCUT2D eigenvalue weighted by Gasteiger charge is -2.04. The maximum atomic E-state index is 12.2. The maximum Gasteiger partial charge on any atom is 0.275 e. The predicted molar refractivity (Wildman–Crippen MR) is 84.6 cm³/mol. The van der Waals surface area contributed by atoms with Crippen molar-refractivity contribution in [2.75, 3.05) is 11.9 Å². The molecule has 0 unspecified atom stereocenters. The number of amides is 1. The summed E-state index contributed by atoms with van der Waals surface area (Å²) in [5, 5.41) is 6.47. The van der Waals surface area contributed by atoms with E-state index in [1.807, 2.05) is 30.3 Å². The van der Waals surface area contributed by atoms with Gasteiger partial charge in [0.05, 0.1) is 10.5 Å². The van der Waals surface area contributed by atoms with Crippen molar-refractivity contribution >= 4 is 33.8 Å². The number of fused-ring (bicyclic) bond motifs is 1. The van der Waals surface area contributed by atoms with Crippen molar-refractivity contribution in [3.63, 3.8) is 0 Å². The van der Waals surface area contributed by atoms with E-state index in [9.17, 15) is 4.79 Å². The zero-order chi connectivity index (χ0) is 14.7. The Hall–Kier alpha value is -2.31. The van der Waals surface area contributed by atoms with Crippen molar-refractivity contribution in [3.05, 3.63) is 52.6 Å². The number of nitrogens with two attached hydrogens (primary N) is 1. The fraction of sp³-hybridized carbons (Fsp3) is 0.133. The lowest BCUT2D eigenvalue weighted by atomic mass is 10.2. The standard InChI is InChI=1S/C15H14N4OS/c16-6-5-14-19-13(9-21-14)15(20)18-11-3-4-12-10(8-11)2-1-7-17-12/h1-4,7-9H,5-6,16H2,(H,18,20). The third kappa shape index (κ3) is 3.07. The van der Waals surface area contributed by atoms with Crippen LogP contribution in [0.1, 0.15) is 15.5 Å². The van der Waals surface area contributed by atoms with Crippen molar-refractivity contribution in [1.29, 1.82) is 0 Å².